The van der Waals surface area contributed by atoms with Gasteiger partial charge < -0.3 is 9.47 Å². The van der Waals surface area contributed by atoms with Crippen LogP contribution in [0, 0.1) is 0 Å². The standard InChI is InChI=1S/C68H58N2O8/c1-33(2)53-29-51(77-67(75)37(9)10)30-54(34(3)4)61(53)69-63(71)57-25-47-21-43-17-39-13-15-41-19-45-23-49-27-59-60(28-50(49)24-46(45)20-42(41)16-14-40(39)18-44(43)22-48(47)26-58(57)64(69)72)66(74)70(65(59)73)62-55(35(5)6)31-52(32-56(62)36(7)8)78-68(76)38(11)12/h13-36H,9,11H2,1-8,10,12H3. The average Bonchev–Trinajstić information content (AvgIpc) is 3.85. The van der Waals surface area contributed by atoms with Crippen LogP contribution >= 0.6 is 0 Å². The molecule has 0 saturated heterocycles. The first-order chi connectivity index (χ1) is 37.1. The van der Waals surface area contributed by atoms with Gasteiger partial charge in [0.05, 0.1) is 32.9 Å². The van der Waals surface area contributed by atoms with Crippen LogP contribution in [0.4, 0.5) is 0 Å². The van der Waals surface area contributed by atoms with E-state index in [1.54, 1.807) is 38.1 Å². The molecule has 11 rings (SSSR count). The molecule has 0 fully saturated rings. The zero-order valence-electron chi connectivity index (χ0n) is 45.4. The molecular weight excluding hydrogens is 973 g/mol. The fourth-order valence-electron chi connectivity index (χ4n) is 11.1. The summed E-state index contributed by atoms with van der Waals surface area (Å²) in [4.78, 5) is 83.2. The highest BCUT2D eigenvalue weighted by molar-refractivity contribution is 6.10. The number of aromatic nitrogens is 2. The van der Waals surface area contributed by atoms with Crippen LogP contribution in [-0.2, 0) is 9.59 Å². The molecule has 0 amide bonds. The summed E-state index contributed by atoms with van der Waals surface area (Å²) in [6.07, 6.45) is 0. The normalized spacial score (nSPS) is 12.1. The summed E-state index contributed by atoms with van der Waals surface area (Å²) in [5, 5.41) is 12.6. The van der Waals surface area contributed by atoms with E-state index in [4.69, 9.17) is 9.47 Å². The van der Waals surface area contributed by atoms with Crippen LogP contribution in [0.5, 0.6) is 11.5 Å². The van der Waals surface area contributed by atoms with E-state index in [1.807, 2.05) is 79.7 Å². The van der Waals surface area contributed by atoms with Gasteiger partial charge in [-0.25, -0.2) is 18.7 Å². The van der Waals surface area contributed by atoms with Crippen molar-refractivity contribution in [3.63, 3.8) is 0 Å². The van der Waals surface area contributed by atoms with Crippen molar-refractivity contribution >= 4 is 98.1 Å². The Hall–Kier alpha value is -9.02. The maximum atomic E-state index is 14.5. The Bertz CT molecular complexity index is 4210. The Morgan fingerprint density at radius 2 is 0.551 bits per heavy atom. The second-order valence-corrected chi connectivity index (χ2v) is 22.3. The lowest BCUT2D eigenvalue weighted by atomic mass is 9.92. The van der Waals surface area contributed by atoms with Crippen LogP contribution < -0.4 is 31.7 Å². The summed E-state index contributed by atoms with van der Waals surface area (Å²) < 4.78 is 13.9. The van der Waals surface area contributed by atoms with Crippen molar-refractivity contribution in [3.05, 3.63) is 209 Å². The Kier molecular flexibility index (Phi) is 12.4. The Labute approximate surface area is 449 Å². The molecule has 10 heteroatoms. The van der Waals surface area contributed by atoms with Gasteiger partial charge in [0, 0.05) is 11.1 Å². The van der Waals surface area contributed by atoms with E-state index in [0.717, 1.165) is 86.9 Å². The van der Waals surface area contributed by atoms with Crippen molar-refractivity contribution < 1.29 is 19.1 Å². The van der Waals surface area contributed by atoms with Crippen molar-refractivity contribution in [2.75, 3.05) is 0 Å². The Morgan fingerprint density at radius 3 is 0.756 bits per heavy atom. The zero-order chi connectivity index (χ0) is 55.5. The molecule has 0 N–H and O–H groups in total. The molecule has 78 heavy (non-hydrogen) atoms. The summed E-state index contributed by atoms with van der Waals surface area (Å²) in [5.41, 5.74) is 2.84. The van der Waals surface area contributed by atoms with Crippen molar-refractivity contribution in [3.8, 4) is 22.9 Å². The van der Waals surface area contributed by atoms with Crippen molar-refractivity contribution in [1.29, 1.82) is 0 Å². The van der Waals surface area contributed by atoms with Crippen LogP contribution in [0.2, 0.25) is 0 Å². The van der Waals surface area contributed by atoms with Gasteiger partial charge >= 0.3 is 11.9 Å². The molecule has 0 aliphatic heterocycles. The van der Waals surface area contributed by atoms with E-state index < -0.39 is 34.2 Å². The monoisotopic (exact) mass is 1030 g/mol. The lowest BCUT2D eigenvalue weighted by Crippen LogP contribution is -2.26. The van der Waals surface area contributed by atoms with E-state index >= 15 is 0 Å². The zero-order valence-corrected chi connectivity index (χ0v) is 45.4. The SMILES string of the molecule is C=C(C)C(=O)Oc1cc(C(C)C)c(-n2c(=O)c3cc4cc5cc6ccc7cc8cc9cc%10c(=O)n(-c%11c(C(C)C)cc(OC(=O)C(=C)C)cc%11C(C)C)c(=O)c%10cc9cc8cc7ccc6cc5cc4cc3c2=O)c(C(C)C)c1. The number of hydrogen-bond donors (Lipinski definition) is 0. The number of ether oxygens (including phenoxy) is 2. The second kappa shape index (κ2) is 18.9. The Balaban J connectivity index is 1.00. The number of carbonyl (C=O) groups is 2. The molecule has 2 aromatic heterocycles. The predicted octanol–water partition coefficient (Wildman–Crippen LogP) is 14.8. The number of nitrogens with zero attached hydrogens (tertiary/aromatic N) is 2. The highest BCUT2D eigenvalue weighted by atomic mass is 16.5. The third kappa shape index (κ3) is 8.52. The summed E-state index contributed by atoms with van der Waals surface area (Å²) >= 11 is 0. The lowest BCUT2D eigenvalue weighted by molar-refractivity contribution is -0.130. The first kappa shape index (κ1) is 51.1. The van der Waals surface area contributed by atoms with E-state index in [1.165, 1.54) is 9.13 Å². The molecule has 0 spiro atoms. The van der Waals surface area contributed by atoms with Gasteiger partial charge in [-0.3, -0.25) is 19.2 Å². The van der Waals surface area contributed by atoms with Crippen molar-refractivity contribution in [2.45, 2.75) is 92.9 Å². The van der Waals surface area contributed by atoms with E-state index in [9.17, 15) is 28.8 Å². The third-order valence-corrected chi connectivity index (χ3v) is 15.2. The molecule has 2 heterocycles. The van der Waals surface area contributed by atoms with Gasteiger partial charge in [0.25, 0.3) is 22.2 Å². The van der Waals surface area contributed by atoms with Gasteiger partial charge in [0.1, 0.15) is 11.5 Å². The number of benzene rings is 8. The molecule has 0 aliphatic carbocycles. The van der Waals surface area contributed by atoms with Gasteiger partial charge in [-0.1, -0.05) is 92.8 Å². The average molecular weight is 1030 g/mol. The minimum atomic E-state index is -0.549. The molecule has 10 nitrogen and oxygen atoms in total. The fourth-order valence-corrected chi connectivity index (χ4v) is 11.1. The van der Waals surface area contributed by atoms with Gasteiger partial charge in [-0.05, 0) is 221 Å². The molecule has 0 bridgehead atoms. The summed E-state index contributed by atoms with van der Waals surface area (Å²) in [6.45, 7) is 26.5. The molecule has 11 aromatic rings. The van der Waals surface area contributed by atoms with Crippen molar-refractivity contribution in [1.82, 2.24) is 9.13 Å². The lowest BCUT2D eigenvalue weighted by Gasteiger charge is -2.21. The topological polar surface area (TPSA) is 131 Å². The van der Waals surface area contributed by atoms with Crippen LogP contribution in [0.1, 0.15) is 115 Å². The number of carbonyl (C=O) groups excluding carboxylic acids is 2. The van der Waals surface area contributed by atoms with Gasteiger partial charge in [-0.15, -0.1) is 0 Å². The van der Waals surface area contributed by atoms with E-state index in [2.05, 4.69) is 86.0 Å². The van der Waals surface area contributed by atoms with Gasteiger partial charge in [-0.2, -0.15) is 0 Å². The molecule has 388 valence electrons. The van der Waals surface area contributed by atoms with Crippen LogP contribution in [-0.4, -0.2) is 21.1 Å². The summed E-state index contributed by atoms with van der Waals surface area (Å²) in [5.74, 6) is -0.879. The summed E-state index contributed by atoms with van der Waals surface area (Å²) in [6, 6.07) is 39.6. The largest absolute Gasteiger partial charge is 0.423 e. The van der Waals surface area contributed by atoms with E-state index in [0.29, 0.717) is 44.4 Å². The number of fused-ring (bicyclic) bond motifs is 8. The maximum absolute atomic E-state index is 14.5. The number of esters is 2. The molecule has 0 unspecified atom stereocenters. The minimum Gasteiger partial charge on any atom is -0.423 e. The smallest absolute Gasteiger partial charge is 0.338 e. The molecule has 0 atom stereocenters. The quantitative estimate of drug-likeness (QED) is 0.0573. The van der Waals surface area contributed by atoms with Crippen LogP contribution in [0.25, 0.3) is 97.6 Å². The summed E-state index contributed by atoms with van der Waals surface area (Å²) in [7, 11) is 0. The van der Waals surface area contributed by atoms with Gasteiger partial charge in [0.15, 0.2) is 0 Å². The minimum absolute atomic E-state index is 0.113. The Morgan fingerprint density at radius 1 is 0.346 bits per heavy atom. The first-order valence-electron chi connectivity index (χ1n) is 26.4. The molecular formula is C68H58N2O8. The molecule has 0 radical (unpaired) electrons. The first-order valence-corrected chi connectivity index (χ1v) is 26.4. The number of hydrogen-bond acceptors (Lipinski definition) is 8. The molecule has 0 saturated carbocycles. The van der Waals surface area contributed by atoms with Crippen LogP contribution in [0.3, 0.4) is 0 Å². The fraction of sp³-hybridized carbons (Fsp3) is 0.206. The predicted molar refractivity (Wildman–Crippen MR) is 319 cm³/mol. The molecule has 0 aliphatic rings. The molecule has 9 aromatic carbocycles. The van der Waals surface area contributed by atoms with Crippen molar-refractivity contribution in [2.24, 2.45) is 0 Å². The highest BCUT2D eigenvalue weighted by Crippen LogP contribution is 2.38. The maximum Gasteiger partial charge on any atom is 0.338 e. The van der Waals surface area contributed by atoms with Crippen LogP contribution in [0.15, 0.2) is 165 Å². The third-order valence-electron chi connectivity index (χ3n) is 15.2. The number of rotatable bonds is 10. The second-order valence-electron chi connectivity index (χ2n) is 22.3. The van der Waals surface area contributed by atoms with E-state index in [-0.39, 0.29) is 34.8 Å². The van der Waals surface area contributed by atoms with Gasteiger partial charge in [0.2, 0.25) is 0 Å². The highest BCUT2D eigenvalue weighted by Gasteiger charge is 2.27.